The van der Waals surface area contributed by atoms with Crippen LogP contribution in [0.15, 0.2) is 77.3 Å². The number of amides is 2. The van der Waals surface area contributed by atoms with Crippen LogP contribution in [0, 0.1) is 6.92 Å². The van der Waals surface area contributed by atoms with Crippen LogP contribution in [0.3, 0.4) is 0 Å². The highest BCUT2D eigenvalue weighted by Crippen LogP contribution is 2.33. The minimum absolute atomic E-state index is 0.0395. The zero-order valence-electron chi connectivity index (χ0n) is 25.3. The van der Waals surface area contributed by atoms with Gasteiger partial charge in [-0.2, -0.15) is 18.2 Å². The highest BCUT2D eigenvalue weighted by Gasteiger charge is 2.33. The van der Waals surface area contributed by atoms with Gasteiger partial charge in [0.05, 0.1) is 6.54 Å². The second-order valence-corrected chi connectivity index (χ2v) is 11.8. The molecule has 0 saturated carbocycles. The highest BCUT2D eigenvalue weighted by atomic mass is 19.4. The van der Waals surface area contributed by atoms with Crippen LogP contribution >= 0.6 is 0 Å². The lowest BCUT2D eigenvalue weighted by atomic mass is 9.98. The zero-order chi connectivity index (χ0) is 32.3. The molecule has 2 fully saturated rings. The molecule has 1 atom stereocenters. The molecule has 240 valence electrons. The summed E-state index contributed by atoms with van der Waals surface area (Å²) in [5, 5.41) is 6.80. The molecule has 1 aromatic heterocycles. The molecule has 2 aliphatic heterocycles. The maximum Gasteiger partial charge on any atom is 0.401 e. The molecule has 2 amide bonds. The lowest BCUT2D eigenvalue weighted by molar-refractivity contribution is -0.148. The van der Waals surface area contributed by atoms with Gasteiger partial charge in [-0.05, 0) is 61.7 Å². The van der Waals surface area contributed by atoms with Gasteiger partial charge in [0.1, 0.15) is 11.5 Å². The fraction of sp³-hybridized carbons (Fsp3) is 0.353. The van der Waals surface area contributed by atoms with E-state index in [1.54, 1.807) is 54.3 Å². The summed E-state index contributed by atoms with van der Waals surface area (Å²) in [6.07, 6.45) is -2.98. The van der Waals surface area contributed by atoms with Crippen molar-refractivity contribution in [3.05, 3.63) is 95.3 Å². The van der Waals surface area contributed by atoms with Crippen molar-refractivity contribution >= 4 is 11.8 Å². The largest absolute Gasteiger partial charge is 0.457 e. The number of carbonyl (C=O) groups excluding carboxylic acids is 2. The number of aromatic nitrogens is 2. The number of alkyl halides is 3. The first-order chi connectivity index (χ1) is 22.1. The Bertz CT molecular complexity index is 1670. The number of nitrogens with one attached hydrogen (secondary N) is 1. The third kappa shape index (κ3) is 7.74. The monoisotopic (exact) mass is 633 g/mol. The van der Waals surface area contributed by atoms with E-state index in [1.165, 1.54) is 4.90 Å². The molecular weight excluding hydrogens is 599 g/mol. The Morgan fingerprint density at radius 3 is 2.46 bits per heavy atom. The molecule has 4 aromatic rings. The van der Waals surface area contributed by atoms with Gasteiger partial charge in [0.25, 0.3) is 11.8 Å². The molecule has 0 aliphatic carbocycles. The molecule has 12 heteroatoms. The van der Waals surface area contributed by atoms with Crippen molar-refractivity contribution in [2.45, 2.75) is 50.9 Å². The molecule has 3 aromatic carbocycles. The predicted octanol–water partition coefficient (Wildman–Crippen LogP) is 6.11. The standard InChI is InChI=1S/C34H34F3N5O4/c1-22-38-33(46-40-22)24-9-11-29(12-10-24)45-30-17-25(32(44)39-28-13-15-41(16-14-28)21-34(35,36)37)7-8-26(30)19-42-20-27(18-31(42)43)23-5-3-2-4-6-23/h2-12,17,27-28H,13-16,18-21H2,1H3,(H,39,44). The molecule has 1 unspecified atom stereocenters. The van der Waals surface area contributed by atoms with E-state index in [9.17, 15) is 22.8 Å². The van der Waals surface area contributed by atoms with Crippen LogP contribution in [-0.2, 0) is 11.3 Å². The fourth-order valence-electron chi connectivity index (χ4n) is 5.97. The first-order valence-electron chi connectivity index (χ1n) is 15.2. The Kier molecular flexibility index (Phi) is 9.07. The molecule has 2 aliphatic rings. The topological polar surface area (TPSA) is 101 Å². The molecular formula is C34H34F3N5O4. The average Bonchev–Trinajstić information content (AvgIpc) is 3.64. The van der Waals surface area contributed by atoms with E-state index in [1.807, 2.05) is 30.3 Å². The molecule has 6 rings (SSSR count). The van der Waals surface area contributed by atoms with Crippen LogP contribution in [0.25, 0.3) is 11.5 Å². The van der Waals surface area contributed by atoms with E-state index in [4.69, 9.17) is 9.26 Å². The van der Waals surface area contributed by atoms with Gasteiger partial charge in [0.2, 0.25) is 5.91 Å². The van der Waals surface area contributed by atoms with Gasteiger partial charge in [-0.15, -0.1) is 0 Å². The minimum atomic E-state index is -4.25. The van der Waals surface area contributed by atoms with Crippen molar-refractivity contribution in [2.75, 3.05) is 26.2 Å². The van der Waals surface area contributed by atoms with Gasteiger partial charge in [0.15, 0.2) is 5.82 Å². The van der Waals surface area contributed by atoms with Crippen LogP contribution in [0.1, 0.15) is 52.5 Å². The van der Waals surface area contributed by atoms with Gasteiger partial charge < -0.3 is 19.5 Å². The van der Waals surface area contributed by atoms with E-state index < -0.39 is 12.7 Å². The van der Waals surface area contributed by atoms with Crippen molar-refractivity contribution in [3.8, 4) is 23.0 Å². The predicted molar refractivity (Wildman–Crippen MR) is 163 cm³/mol. The van der Waals surface area contributed by atoms with E-state index >= 15 is 0 Å². The number of likely N-dealkylation sites (tertiary alicyclic amines) is 2. The summed E-state index contributed by atoms with van der Waals surface area (Å²) in [6.45, 7) is 2.16. The van der Waals surface area contributed by atoms with Crippen molar-refractivity contribution in [1.82, 2.24) is 25.3 Å². The molecule has 46 heavy (non-hydrogen) atoms. The number of piperidine rings is 1. The maximum absolute atomic E-state index is 13.3. The average molecular weight is 634 g/mol. The van der Waals surface area contributed by atoms with Crippen molar-refractivity contribution < 1.29 is 32.0 Å². The van der Waals surface area contributed by atoms with Crippen molar-refractivity contribution in [2.24, 2.45) is 0 Å². The zero-order valence-corrected chi connectivity index (χ0v) is 25.3. The molecule has 0 spiro atoms. The third-order valence-corrected chi connectivity index (χ3v) is 8.36. The Labute approximate surface area is 264 Å². The lowest BCUT2D eigenvalue weighted by Gasteiger charge is -2.32. The number of benzene rings is 3. The molecule has 3 heterocycles. The Hall–Kier alpha value is -4.71. The first kappa shape index (κ1) is 31.3. The molecule has 0 radical (unpaired) electrons. The third-order valence-electron chi connectivity index (χ3n) is 8.36. The quantitative estimate of drug-likeness (QED) is 0.237. The number of rotatable bonds is 9. The Morgan fingerprint density at radius 2 is 1.78 bits per heavy atom. The number of hydrogen-bond acceptors (Lipinski definition) is 7. The van der Waals surface area contributed by atoms with Crippen molar-refractivity contribution in [1.29, 1.82) is 0 Å². The minimum Gasteiger partial charge on any atom is -0.457 e. The van der Waals surface area contributed by atoms with Gasteiger partial charge >= 0.3 is 6.18 Å². The van der Waals surface area contributed by atoms with Gasteiger partial charge in [-0.3, -0.25) is 14.5 Å². The van der Waals surface area contributed by atoms with Crippen LogP contribution < -0.4 is 10.1 Å². The first-order valence-corrected chi connectivity index (χ1v) is 15.2. The number of ether oxygens (including phenoxy) is 1. The fourth-order valence-corrected chi connectivity index (χ4v) is 5.97. The summed E-state index contributed by atoms with van der Waals surface area (Å²) in [4.78, 5) is 33.7. The summed E-state index contributed by atoms with van der Waals surface area (Å²) >= 11 is 0. The molecule has 2 saturated heterocycles. The number of halogens is 3. The summed E-state index contributed by atoms with van der Waals surface area (Å²) in [6, 6.07) is 21.9. The van der Waals surface area contributed by atoms with Crippen LogP contribution in [0.2, 0.25) is 0 Å². The number of carbonyl (C=O) groups is 2. The van der Waals surface area contributed by atoms with E-state index in [0.29, 0.717) is 61.1 Å². The summed E-state index contributed by atoms with van der Waals surface area (Å²) in [5.41, 5.74) is 2.92. The SMILES string of the molecule is Cc1noc(-c2ccc(Oc3cc(C(=O)NC4CCN(CC(F)(F)F)CC4)ccc3CN3CC(c4ccccc4)CC3=O)cc2)n1. The molecule has 1 N–H and O–H groups in total. The lowest BCUT2D eigenvalue weighted by Crippen LogP contribution is -2.47. The summed E-state index contributed by atoms with van der Waals surface area (Å²) in [7, 11) is 0. The summed E-state index contributed by atoms with van der Waals surface area (Å²) in [5.74, 6) is 1.62. The highest BCUT2D eigenvalue weighted by molar-refractivity contribution is 5.95. The Morgan fingerprint density at radius 1 is 1.04 bits per heavy atom. The summed E-state index contributed by atoms with van der Waals surface area (Å²) < 4.78 is 49.9. The number of hydrogen-bond donors (Lipinski definition) is 1. The normalized spacial score (nSPS) is 17.8. The van der Waals surface area contributed by atoms with Crippen LogP contribution in [0.5, 0.6) is 11.5 Å². The smallest absolute Gasteiger partial charge is 0.401 e. The second kappa shape index (κ2) is 13.3. The molecule has 9 nitrogen and oxygen atoms in total. The van der Waals surface area contributed by atoms with Gasteiger partial charge in [0, 0.05) is 61.2 Å². The van der Waals surface area contributed by atoms with Crippen molar-refractivity contribution in [3.63, 3.8) is 0 Å². The van der Waals surface area contributed by atoms with E-state index in [2.05, 4.69) is 15.5 Å². The molecule has 0 bridgehead atoms. The Balaban J connectivity index is 1.19. The van der Waals surface area contributed by atoms with E-state index in [-0.39, 0.29) is 36.9 Å². The maximum atomic E-state index is 13.3. The van der Waals surface area contributed by atoms with Crippen LogP contribution in [0.4, 0.5) is 13.2 Å². The number of aryl methyl sites for hydroxylation is 1. The van der Waals surface area contributed by atoms with Gasteiger partial charge in [-0.1, -0.05) is 41.6 Å². The van der Waals surface area contributed by atoms with E-state index in [0.717, 1.165) is 16.7 Å². The van der Waals surface area contributed by atoms with Gasteiger partial charge in [-0.25, -0.2) is 0 Å². The van der Waals surface area contributed by atoms with Crippen LogP contribution in [-0.4, -0.2) is 70.2 Å². The second-order valence-electron chi connectivity index (χ2n) is 11.8. The number of nitrogens with zero attached hydrogens (tertiary/aromatic N) is 4.